The maximum absolute atomic E-state index is 10.5. The van der Waals surface area contributed by atoms with E-state index in [1.54, 1.807) is 0 Å². The average Bonchev–Trinajstić information content (AvgIpc) is 2.26. The first-order valence-corrected chi connectivity index (χ1v) is 4.49. The van der Waals surface area contributed by atoms with Crippen molar-refractivity contribution >= 4 is 23.9 Å². The lowest BCUT2D eigenvalue weighted by molar-refractivity contribution is -0.138. The van der Waals surface area contributed by atoms with Crippen molar-refractivity contribution in [1.29, 1.82) is 0 Å². The standard InChI is InChI=1S/C8H11ClO4/c9-6-2-7(11)5(3-10)4(6)1-8(12)13/h3-7,11H,1-2H2,(H,12,13)/t4-,5-,6-,7-/m1/s1. The number of aliphatic hydroxyl groups excluding tert-OH is 1. The highest BCUT2D eigenvalue weighted by Gasteiger charge is 2.42. The lowest BCUT2D eigenvalue weighted by Gasteiger charge is -2.15. The molecule has 1 aliphatic rings. The number of carbonyl (C=O) groups excluding carboxylic acids is 1. The summed E-state index contributed by atoms with van der Waals surface area (Å²) in [4.78, 5) is 21.0. The van der Waals surface area contributed by atoms with E-state index in [2.05, 4.69) is 0 Å². The number of hydrogen-bond donors (Lipinski definition) is 2. The van der Waals surface area contributed by atoms with Gasteiger partial charge in [-0.05, 0) is 12.3 Å². The van der Waals surface area contributed by atoms with Crippen LogP contribution < -0.4 is 0 Å². The van der Waals surface area contributed by atoms with Gasteiger partial charge in [0.05, 0.1) is 12.5 Å². The molecule has 0 bridgehead atoms. The van der Waals surface area contributed by atoms with Crippen LogP contribution >= 0.6 is 11.6 Å². The van der Waals surface area contributed by atoms with Crippen molar-refractivity contribution in [1.82, 2.24) is 0 Å². The van der Waals surface area contributed by atoms with Crippen molar-refractivity contribution in [2.45, 2.75) is 24.3 Å². The summed E-state index contributed by atoms with van der Waals surface area (Å²) >= 11 is 5.81. The number of aldehydes is 1. The number of alkyl halides is 1. The number of aliphatic hydroxyl groups is 1. The summed E-state index contributed by atoms with van der Waals surface area (Å²) in [6.45, 7) is 0. The van der Waals surface area contributed by atoms with E-state index in [1.807, 2.05) is 0 Å². The van der Waals surface area contributed by atoms with E-state index in [1.165, 1.54) is 0 Å². The van der Waals surface area contributed by atoms with Crippen LogP contribution in [0.4, 0.5) is 0 Å². The molecule has 0 aliphatic heterocycles. The Morgan fingerprint density at radius 3 is 2.69 bits per heavy atom. The zero-order chi connectivity index (χ0) is 10.0. The molecular formula is C8H11ClO4. The minimum Gasteiger partial charge on any atom is -0.481 e. The molecule has 0 unspecified atom stereocenters. The van der Waals surface area contributed by atoms with Crippen LogP contribution in [0.3, 0.4) is 0 Å². The molecule has 2 N–H and O–H groups in total. The Morgan fingerprint density at radius 2 is 2.23 bits per heavy atom. The maximum atomic E-state index is 10.5. The Labute approximate surface area is 80.5 Å². The number of rotatable bonds is 3. The highest BCUT2D eigenvalue weighted by atomic mass is 35.5. The zero-order valence-electron chi connectivity index (χ0n) is 6.89. The van der Waals surface area contributed by atoms with Crippen molar-refractivity contribution in [3.63, 3.8) is 0 Å². The highest BCUT2D eigenvalue weighted by molar-refractivity contribution is 6.21. The maximum Gasteiger partial charge on any atom is 0.303 e. The highest BCUT2D eigenvalue weighted by Crippen LogP contribution is 2.36. The molecule has 0 amide bonds. The monoisotopic (exact) mass is 206 g/mol. The Kier molecular flexibility index (Phi) is 3.27. The minimum absolute atomic E-state index is 0.158. The van der Waals surface area contributed by atoms with E-state index >= 15 is 0 Å². The Balaban J connectivity index is 2.68. The van der Waals surface area contributed by atoms with Gasteiger partial charge < -0.3 is 15.0 Å². The normalized spacial score (nSPS) is 38.9. The molecule has 1 fully saturated rings. The number of carbonyl (C=O) groups is 2. The van der Waals surface area contributed by atoms with Crippen LogP contribution in [0.25, 0.3) is 0 Å². The smallest absolute Gasteiger partial charge is 0.303 e. The van der Waals surface area contributed by atoms with Gasteiger partial charge in [0.1, 0.15) is 6.29 Å². The number of carboxylic acid groups (broad SMARTS) is 1. The molecule has 13 heavy (non-hydrogen) atoms. The van der Waals surface area contributed by atoms with E-state index in [-0.39, 0.29) is 6.42 Å². The van der Waals surface area contributed by atoms with E-state index in [0.717, 1.165) is 0 Å². The molecule has 0 heterocycles. The molecule has 4 nitrogen and oxygen atoms in total. The van der Waals surface area contributed by atoms with Crippen molar-refractivity contribution < 1.29 is 19.8 Å². The number of aliphatic carboxylic acids is 1. The second-order valence-electron chi connectivity index (χ2n) is 3.29. The van der Waals surface area contributed by atoms with Crippen molar-refractivity contribution in [3.05, 3.63) is 0 Å². The van der Waals surface area contributed by atoms with Crippen molar-refractivity contribution in [2.75, 3.05) is 0 Å². The molecule has 74 valence electrons. The third-order valence-corrected chi connectivity index (χ3v) is 2.94. The van der Waals surface area contributed by atoms with Crippen LogP contribution in [0.1, 0.15) is 12.8 Å². The van der Waals surface area contributed by atoms with Crippen LogP contribution in [0, 0.1) is 11.8 Å². The summed E-state index contributed by atoms with van der Waals surface area (Å²) in [5.74, 6) is -2.05. The van der Waals surface area contributed by atoms with E-state index in [4.69, 9.17) is 16.7 Å². The molecule has 1 rings (SSSR count). The Bertz CT molecular complexity index is 218. The first-order chi connectivity index (χ1) is 6.06. The van der Waals surface area contributed by atoms with Crippen LogP contribution in [-0.2, 0) is 9.59 Å². The van der Waals surface area contributed by atoms with Gasteiger partial charge in [0, 0.05) is 11.3 Å². The van der Waals surface area contributed by atoms with Crippen LogP contribution in [-0.4, -0.2) is 33.9 Å². The number of hydrogen-bond acceptors (Lipinski definition) is 3. The van der Waals surface area contributed by atoms with Crippen LogP contribution in [0.5, 0.6) is 0 Å². The molecule has 1 saturated carbocycles. The topological polar surface area (TPSA) is 74.6 Å². The molecule has 5 heteroatoms. The predicted octanol–water partition coefficient (Wildman–Crippen LogP) is 0.264. The van der Waals surface area contributed by atoms with Gasteiger partial charge in [0.2, 0.25) is 0 Å². The molecular weight excluding hydrogens is 196 g/mol. The van der Waals surface area contributed by atoms with Gasteiger partial charge in [-0.3, -0.25) is 4.79 Å². The molecule has 0 spiro atoms. The third kappa shape index (κ3) is 2.19. The molecule has 0 saturated heterocycles. The second kappa shape index (κ2) is 4.07. The summed E-state index contributed by atoms with van der Waals surface area (Å²) < 4.78 is 0. The van der Waals surface area contributed by atoms with Gasteiger partial charge in [-0.2, -0.15) is 0 Å². The molecule has 4 atom stereocenters. The third-order valence-electron chi connectivity index (χ3n) is 2.44. The van der Waals surface area contributed by atoms with E-state index in [9.17, 15) is 14.7 Å². The van der Waals surface area contributed by atoms with Gasteiger partial charge >= 0.3 is 5.97 Å². The summed E-state index contributed by atoms with van der Waals surface area (Å²) in [6, 6.07) is 0. The fourth-order valence-electron chi connectivity index (χ4n) is 1.75. The summed E-state index contributed by atoms with van der Waals surface area (Å²) in [5, 5.41) is 17.5. The van der Waals surface area contributed by atoms with Gasteiger partial charge in [0.15, 0.2) is 0 Å². The van der Waals surface area contributed by atoms with Crippen LogP contribution in [0.15, 0.2) is 0 Å². The lowest BCUT2D eigenvalue weighted by Crippen LogP contribution is -2.24. The van der Waals surface area contributed by atoms with Crippen molar-refractivity contribution in [2.24, 2.45) is 11.8 Å². The fraction of sp³-hybridized carbons (Fsp3) is 0.750. The molecule has 1 aliphatic carbocycles. The summed E-state index contributed by atoms with van der Waals surface area (Å²) in [5.41, 5.74) is 0. The average molecular weight is 207 g/mol. The second-order valence-corrected chi connectivity index (χ2v) is 3.85. The molecule has 0 aromatic rings. The van der Waals surface area contributed by atoms with E-state index < -0.39 is 29.3 Å². The van der Waals surface area contributed by atoms with Gasteiger partial charge in [-0.15, -0.1) is 11.6 Å². The van der Waals surface area contributed by atoms with E-state index in [0.29, 0.717) is 12.7 Å². The summed E-state index contributed by atoms with van der Waals surface area (Å²) in [7, 11) is 0. The van der Waals surface area contributed by atoms with Crippen LogP contribution in [0.2, 0.25) is 0 Å². The van der Waals surface area contributed by atoms with Gasteiger partial charge in [0.25, 0.3) is 0 Å². The molecule has 0 aromatic carbocycles. The summed E-state index contributed by atoms with van der Waals surface area (Å²) in [6.07, 6.45) is -0.0533. The largest absolute Gasteiger partial charge is 0.481 e. The molecule has 0 aromatic heterocycles. The predicted molar refractivity (Wildman–Crippen MR) is 45.6 cm³/mol. The minimum atomic E-state index is -0.989. The van der Waals surface area contributed by atoms with Gasteiger partial charge in [-0.25, -0.2) is 0 Å². The first kappa shape index (κ1) is 10.5. The Hall–Kier alpha value is -0.610. The van der Waals surface area contributed by atoms with Gasteiger partial charge in [-0.1, -0.05) is 0 Å². The quantitative estimate of drug-likeness (QED) is 0.513. The number of halogens is 1. The SMILES string of the molecule is O=C[C@@H]1[C@@H](CC(=O)O)[C@H](Cl)C[C@H]1O. The van der Waals surface area contributed by atoms with Crippen molar-refractivity contribution in [3.8, 4) is 0 Å². The Morgan fingerprint density at radius 1 is 1.62 bits per heavy atom. The molecule has 0 radical (unpaired) electrons. The fourth-order valence-corrected chi connectivity index (χ4v) is 2.19. The lowest BCUT2D eigenvalue weighted by atomic mass is 9.93. The first-order valence-electron chi connectivity index (χ1n) is 4.05. The number of carboxylic acids is 1. The zero-order valence-corrected chi connectivity index (χ0v) is 7.65.